The van der Waals surface area contributed by atoms with E-state index in [-0.39, 0.29) is 0 Å². The molecule has 0 spiro atoms. The zero-order valence-electron chi connectivity index (χ0n) is 16.8. The summed E-state index contributed by atoms with van der Waals surface area (Å²) in [6.07, 6.45) is 5.72. The van der Waals surface area contributed by atoms with Crippen molar-refractivity contribution < 1.29 is 4.74 Å². The molecule has 3 heteroatoms. The third-order valence-electron chi connectivity index (χ3n) is 4.99. The van der Waals surface area contributed by atoms with Crippen molar-refractivity contribution in [2.24, 2.45) is 11.7 Å². The van der Waals surface area contributed by atoms with E-state index in [1.54, 1.807) is 0 Å². The first-order valence-electron chi connectivity index (χ1n) is 10.4. The Labute approximate surface area is 165 Å². The van der Waals surface area contributed by atoms with E-state index in [1.165, 1.54) is 17.5 Å². The fourth-order valence-corrected chi connectivity index (χ4v) is 3.41. The van der Waals surface area contributed by atoms with Crippen molar-refractivity contribution in [3.8, 4) is 0 Å². The van der Waals surface area contributed by atoms with Crippen molar-refractivity contribution >= 4 is 0 Å². The molecule has 0 aliphatic rings. The molecule has 3 nitrogen and oxygen atoms in total. The molecule has 0 saturated carbocycles. The van der Waals surface area contributed by atoms with Crippen LogP contribution in [0.4, 0.5) is 0 Å². The van der Waals surface area contributed by atoms with Gasteiger partial charge < -0.3 is 15.8 Å². The van der Waals surface area contributed by atoms with Crippen LogP contribution in [0.2, 0.25) is 0 Å². The van der Waals surface area contributed by atoms with Crippen molar-refractivity contribution in [2.75, 3.05) is 19.7 Å². The van der Waals surface area contributed by atoms with Gasteiger partial charge in [0.2, 0.25) is 0 Å². The molecular weight excluding hydrogens is 332 g/mol. The predicted molar refractivity (Wildman–Crippen MR) is 115 cm³/mol. The summed E-state index contributed by atoms with van der Waals surface area (Å²) in [5.74, 6) is 0.667. The molecule has 2 aromatic rings. The van der Waals surface area contributed by atoms with Crippen LogP contribution in [-0.4, -0.2) is 25.7 Å². The lowest BCUT2D eigenvalue weighted by Gasteiger charge is -2.21. The number of hydrogen-bond donors (Lipinski definition) is 2. The van der Waals surface area contributed by atoms with Gasteiger partial charge in [0.1, 0.15) is 0 Å². The van der Waals surface area contributed by atoms with E-state index in [9.17, 15) is 0 Å². The molecule has 0 aliphatic carbocycles. The van der Waals surface area contributed by atoms with Crippen molar-refractivity contribution in [1.82, 2.24) is 5.32 Å². The number of nitrogens with one attached hydrogen (secondary N) is 1. The summed E-state index contributed by atoms with van der Waals surface area (Å²) in [6, 6.07) is 21.5. The Kier molecular flexibility index (Phi) is 10.8. The third-order valence-corrected chi connectivity index (χ3v) is 4.99. The zero-order chi connectivity index (χ0) is 19.2. The molecule has 27 heavy (non-hydrogen) atoms. The van der Waals surface area contributed by atoms with Crippen LogP contribution in [0.25, 0.3) is 0 Å². The summed E-state index contributed by atoms with van der Waals surface area (Å²) in [5, 5.41) is 3.64. The Bertz CT molecular complexity index is 588. The third kappa shape index (κ3) is 9.71. The second-order valence-electron chi connectivity index (χ2n) is 7.50. The number of rotatable bonds is 14. The molecule has 0 radical (unpaired) electrons. The Hall–Kier alpha value is -1.68. The van der Waals surface area contributed by atoms with Crippen LogP contribution in [0.5, 0.6) is 0 Å². The molecule has 0 amide bonds. The van der Waals surface area contributed by atoms with Crippen LogP contribution in [0.1, 0.15) is 43.7 Å². The normalized spacial score (nSPS) is 13.4. The molecule has 0 heterocycles. The molecule has 0 bridgehead atoms. The lowest BCUT2D eigenvalue weighted by molar-refractivity contribution is 0.113. The minimum atomic E-state index is 0.418. The molecule has 2 aromatic carbocycles. The zero-order valence-corrected chi connectivity index (χ0v) is 16.8. The van der Waals surface area contributed by atoms with Crippen LogP contribution < -0.4 is 11.1 Å². The summed E-state index contributed by atoms with van der Waals surface area (Å²) >= 11 is 0. The lowest BCUT2D eigenvalue weighted by Crippen LogP contribution is -2.38. The molecule has 0 aromatic heterocycles. The van der Waals surface area contributed by atoms with Crippen molar-refractivity contribution in [2.45, 2.75) is 51.7 Å². The predicted octanol–water partition coefficient (Wildman–Crippen LogP) is 4.56. The van der Waals surface area contributed by atoms with Gasteiger partial charge in [-0.15, -0.1) is 0 Å². The van der Waals surface area contributed by atoms with Crippen LogP contribution in [0.3, 0.4) is 0 Å². The quantitative estimate of drug-likeness (QED) is 0.481. The SMILES string of the molecule is CC(CCCOCc1ccccc1)CC(CN)NCCCc1ccccc1. The molecular formula is C24H36N2O. The topological polar surface area (TPSA) is 47.3 Å². The Morgan fingerprint density at radius 2 is 1.59 bits per heavy atom. The fourth-order valence-electron chi connectivity index (χ4n) is 3.41. The van der Waals surface area contributed by atoms with E-state index in [0.717, 1.165) is 38.8 Å². The van der Waals surface area contributed by atoms with Crippen LogP contribution >= 0.6 is 0 Å². The van der Waals surface area contributed by atoms with E-state index in [4.69, 9.17) is 10.5 Å². The van der Waals surface area contributed by atoms with Gasteiger partial charge in [0.05, 0.1) is 6.61 Å². The highest BCUT2D eigenvalue weighted by Crippen LogP contribution is 2.13. The first-order chi connectivity index (χ1) is 13.3. The standard InChI is InChI=1S/C24H36N2O/c1-21(10-9-17-27-20-23-13-6-3-7-14-23)18-24(19-25)26-16-8-15-22-11-4-2-5-12-22/h2-7,11-14,21,24,26H,8-10,15-20,25H2,1H3. The van der Waals surface area contributed by atoms with Crippen LogP contribution in [0, 0.1) is 5.92 Å². The van der Waals surface area contributed by atoms with E-state index in [1.807, 2.05) is 6.07 Å². The molecule has 3 N–H and O–H groups in total. The summed E-state index contributed by atoms with van der Waals surface area (Å²) in [6.45, 7) is 5.61. The summed E-state index contributed by atoms with van der Waals surface area (Å²) in [7, 11) is 0. The smallest absolute Gasteiger partial charge is 0.0716 e. The number of hydrogen-bond acceptors (Lipinski definition) is 3. The van der Waals surface area contributed by atoms with Gasteiger partial charge in [0.15, 0.2) is 0 Å². The maximum atomic E-state index is 5.97. The van der Waals surface area contributed by atoms with E-state index in [2.05, 4.69) is 66.8 Å². The van der Waals surface area contributed by atoms with Gasteiger partial charge in [-0.05, 0) is 55.7 Å². The Balaban J connectivity index is 1.51. The monoisotopic (exact) mass is 368 g/mol. The highest BCUT2D eigenvalue weighted by Gasteiger charge is 2.11. The van der Waals surface area contributed by atoms with Gasteiger partial charge in [-0.3, -0.25) is 0 Å². The van der Waals surface area contributed by atoms with Crippen molar-refractivity contribution in [3.63, 3.8) is 0 Å². The Morgan fingerprint density at radius 3 is 2.26 bits per heavy atom. The number of benzene rings is 2. The van der Waals surface area contributed by atoms with Gasteiger partial charge in [-0.2, -0.15) is 0 Å². The number of nitrogens with two attached hydrogens (primary N) is 1. The second-order valence-corrected chi connectivity index (χ2v) is 7.50. The highest BCUT2D eigenvalue weighted by molar-refractivity contribution is 5.14. The molecule has 2 unspecified atom stereocenters. The summed E-state index contributed by atoms with van der Waals surface area (Å²) in [5.41, 5.74) is 8.62. The highest BCUT2D eigenvalue weighted by atomic mass is 16.5. The molecule has 0 aliphatic heterocycles. The lowest BCUT2D eigenvalue weighted by atomic mass is 9.97. The van der Waals surface area contributed by atoms with E-state index < -0.39 is 0 Å². The molecule has 0 fully saturated rings. The van der Waals surface area contributed by atoms with E-state index in [0.29, 0.717) is 25.1 Å². The van der Waals surface area contributed by atoms with Gasteiger partial charge >= 0.3 is 0 Å². The minimum absolute atomic E-state index is 0.418. The molecule has 148 valence electrons. The summed E-state index contributed by atoms with van der Waals surface area (Å²) in [4.78, 5) is 0. The molecule has 2 rings (SSSR count). The second kappa shape index (κ2) is 13.5. The maximum absolute atomic E-state index is 5.97. The maximum Gasteiger partial charge on any atom is 0.0716 e. The number of aryl methyl sites for hydroxylation is 1. The first kappa shape index (κ1) is 21.6. The first-order valence-corrected chi connectivity index (χ1v) is 10.4. The van der Waals surface area contributed by atoms with Crippen molar-refractivity contribution in [1.29, 1.82) is 0 Å². The van der Waals surface area contributed by atoms with Crippen LogP contribution in [0.15, 0.2) is 60.7 Å². The molecule has 0 saturated heterocycles. The van der Waals surface area contributed by atoms with E-state index >= 15 is 0 Å². The van der Waals surface area contributed by atoms with Gasteiger partial charge in [-0.1, -0.05) is 67.6 Å². The van der Waals surface area contributed by atoms with Crippen molar-refractivity contribution in [3.05, 3.63) is 71.8 Å². The average Bonchev–Trinajstić information content (AvgIpc) is 2.71. The van der Waals surface area contributed by atoms with Crippen LogP contribution in [-0.2, 0) is 17.8 Å². The molecule has 2 atom stereocenters. The largest absolute Gasteiger partial charge is 0.377 e. The summed E-state index contributed by atoms with van der Waals surface area (Å²) < 4.78 is 5.78. The van der Waals surface area contributed by atoms with Gasteiger partial charge in [-0.25, -0.2) is 0 Å². The fraction of sp³-hybridized carbons (Fsp3) is 0.500. The average molecular weight is 369 g/mol. The Morgan fingerprint density at radius 1 is 0.926 bits per heavy atom. The van der Waals surface area contributed by atoms with Gasteiger partial charge in [0.25, 0.3) is 0 Å². The van der Waals surface area contributed by atoms with Gasteiger partial charge in [0, 0.05) is 19.2 Å². The minimum Gasteiger partial charge on any atom is -0.377 e. The number of ether oxygens (including phenoxy) is 1.